The molecule has 2 nitrogen and oxygen atoms in total. The number of hydrazine groups is 1. The summed E-state index contributed by atoms with van der Waals surface area (Å²) >= 11 is 0. The van der Waals surface area contributed by atoms with Crippen LogP contribution in [-0.4, -0.2) is 18.6 Å². The second kappa shape index (κ2) is 5.10. The van der Waals surface area contributed by atoms with Gasteiger partial charge in [-0.05, 0) is 25.8 Å². The third-order valence-corrected chi connectivity index (χ3v) is 1.62. The minimum atomic E-state index is 0.881. The van der Waals surface area contributed by atoms with Gasteiger partial charge in [-0.2, -0.15) is 0 Å². The highest BCUT2D eigenvalue weighted by Gasteiger charge is 1.95. The molecule has 0 rings (SSSR count). The van der Waals surface area contributed by atoms with Gasteiger partial charge in [0.25, 0.3) is 0 Å². The van der Waals surface area contributed by atoms with E-state index >= 15 is 0 Å². The van der Waals surface area contributed by atoms with Gasteiger partial charge in [0.15, 0.2) is 0 Å². The molecule has 0 aromatic heterocycles. The zero-order valence-electron chi connectivity index (χ0n) is 7.72. The van der Waals surface area contributed by atoms with Gasteiger partial charge >= 0.3 is 0 Å². The van der Waals surface area contributed by atoms with Crippen molar-refractivity contribution in [3.8, 4) is 0 Å². The molecule has 0 fully saturated rings. The van der Waals surface area contributed by atoms with E-state index in [1.807, 2.05) is 13.1 Å². The van der Waals surface area contributed by atoms with E-state index in [-0.39, 0.29) is 0 Å². The van der Waals surface area contributed by atoms with Gasteiger partial charge in [0.1, 0.15) is 0 Å². The van der Waals surface area contributed by atoms with E-state index in [1.54, 1.807) is 5.01 Å². The Labute approximate surface area is 69.3 Å². The first-order chi connectivity index (χ1) is 5.07. The Hall–Kier alpha value is -0.600. The summed E-state index contributed by atoms with van der Waals surface area (Å²) < 4.78 is 0. The second-order valence-electron chi connectivity index (χ2n) is 2.96. The molecule has 0 aromatic carbocycles. The summed E-state index contributed by atoms with van der Waals surface area (Å²) in [5.74, 6) is 5.47. The van der Waals surface area contributed by atoms with Crippen LogP contribution >= 0.6 is 0 Å². The van der Waals surface area contributed by atoms with Crippen LogP contribution in [0, 0.1) is 0 Å². The smallest absolute Gasteiger partial charge is 0.0165 e. The highest BCUT2D eigenvalue weighted by atomic mass is 15.4. The Balaban J connectivity index is 3.91. The quantitative estimate of drug-likeness (QED) is 0.379. The Kier molecular flexibility index (Phi) is 4.83. The van der Waals surface area contributed by atoms with Crippen molar-refractivity contribution >= 4 is 0 Å². The van der Waals surface area contributed by atoms with Crippen molar-refractivity contribution < 1.29 is 0 Å². The molecule has 0 saturated carbocycles. The maximum Gasteiger partial charge on any atom is 0.0165 e. The number of hydrogen-bond acceptors (Lipinski definition) is 2. The normalized spacial score (nSPS) is 9.91. The molecule has 0 aliphatic carbocycles. The van der Waals surface area contributed by atoms with Crippen LogP contribution < -0.4 is 5.84 Å². The molecule has 0 saturated heterocycles. The average molecular weight is 154 g/mol. The molecule has 0 radical (unpaired) electrons. The zero-order chi connectivity index (χ0) is 8.85. The Morgan fingerprint density at radius 1 is 1.55 bits per heavy atom. The van der Waals surface area contributed by atoms with Gasteiger partial charge < -0.3 is 0 Å². The molecule has 2 N–H and O–H groups in total. The number of hydrogen-bond donors (Lipinski definition) is 1. The van der Waals surface area contributed by atoms with E-state index in [2.05, 4.69) is 20.4 Å². The average Bonchev–Trinajstić information content (AvgIpc) is 1.87. The van der Waals surface area contributed by atoms with Gasteiger partial charge in [0.05, 0.1) is 0 Å². The van der Waals surface area contributed by atoms with Crippen molar-refractivity contribution in [2.45, 2.75) is 20.3 Å². The fraction of sp³-hybridized carbons (Fsp3) is 0.556. The van der Waals surface area contributed by atoms with Crippen LogP contribution in [0.5, 0.6) is 0 Å². The summed E-state index contributed by atoms with van der Waals surface area (Å²) in [6.45, 7) is 8.81. The van der Waals surface area contributed by atoms with Gasteiger partial charge in [0, 0.05) is 13.6 Å². The molecule has 64 valence electrons. The highest BCUT2D eigenvalue weighted by Crippen LogP contribution is 2.08. The van der Waals surface area contributed by atoms with E-state index in [9.17, 15) is 0 Å². The molecule has 0 aromatic rings. The van der Waals surface area contributed by atoms with Crippen molar-refractivity contribution in [1.82, 2.24) is 5.01 Å². The van der Waals surface area contributed by atoms with E-state index in [1.165, 1.54) is 11.1 Å². The van der Waals surface area contributed by atoms with Crippen LogP contribution in [0.2, 0.25) is 0 Å². The third-order valence-electron chi connectivity index (χ3n) is 1.62. The second-order valence-corrected chi connectivity index (χ2v) is 2.96. The van der Waals surface area contributed by atoms with Crippen molar-refractivity contribution in [3.05, 3.63) is 23.8 Å². The molecule has 11 heavy (non-hydrogen) atoms. The van der Waals surface area contributed by atoms with Crippen LogP contribution in [0.4, 0.5) is 0 Å². The summed E-state index contributed by atoms with van der Waals surface area (Å²) in [6, 6.07) is 0. The van der Waals surface area contributed by atoms with Crippen molar-refractivity contribution in [3.63, 3.8) is 0 Å². The summed E-state index contributed by atoms with van der Waals surface area (Å²) in [6.07, 6.45) is 2.89. The summed E-state index contributed by atoms with van der Waals surface area (Å²) in [5, 5.41) is 1.69. The van der Waals surface area contributed by atoms with Gasteiger partial charge in [-0.1, -0.05) is 18.2 Å². The maximum absolute atomic E-state index is 5.47. The molecule has 0 amide bonds. The molecular weight excluding hydrogens is 136 g/mol. The monoisotopic (exact) mass is 154 g/mol. The first-order valence-corrected chi connectivity index (χ1v) is 3.82. The SMILES string of the molecule is C=CC(CCN(C)N)=C(C)C. The van der Waals surface area contributed by atoms with Gasteiger partial charge in [0.2, 0.25) is 0 Å². The van der Waals surface area contributed by atoms with Crippen molar-refractivity contribution in [2.24, 2.45) is 5.84 Å². The lowest BCUT2D eigenvalue weighted by Crippen LogP contribution is -2.27. The van der Waals surface area contributed by atoms with Crippen LogP contribution in [-0.2, 0) is 0 Å². The molecule has 0 unspecified atom stereocenters. The Morgan fingerprint density at radius 3 is 2.36 bits per heavy atom. The molecule has 0 spiro atoms. The lowest BCUT2D eigenvalue weighted by atomic mass is 10.1. The molecule has 2 heteroatoms. The number of allylic oxidation sites excluding steroid dienone is 2. The van der Waals surface area contributed by atoms with Crippen LogP contribution in [0.25, 0.3) is 0 Å². The molecule has 0 atom stereocenters. The Bertz CT molecular complexity index is 153. The number of nitrogens with two attached hydrogens (primary N) is 1. The first-order valence-electron chi connectivity index (χ1n) is 3.82. The van der Waals surface area contributed by atoms with Gasteiger partial charge in [-0.3, -0.25) is 5.84 Å². The molecule has 0 aliphatic heterocycles. The summed E-state index contributed by atoms with van der Waals surface area (Å²) in [4.78, 5) is 0. The summed E-state index contributed by atoms with van der Waals surface area (Å²) in [7, 11) is 1.87. The molecule has 0 bridgehead atoms. The summed E-state index contributed by atoms with van der Waals surface area (Å²) in [5.41, 5.74) is 2.61. The Morgan fingerprint density at radius 2 is 2.09 bits per heavy atom. The van der Waals surface area contributed by atoms with Crippen LogP contribution in [0.1, 0.15) is 20.3 Å². The third kappa shape index (κ3) is 4.76. The van der Waals surface area contributed by atoms with Crippen LogP contribution in [0.15, 0.2) is 23.8 Å². The van der Waals surface area contributed by atoms with E-state index in [0.717, 1.165) is 13.0 Å². The van der Waals surface area contributed by atoms with Gasteiger partial charge in [-0.25, -0.2) is 5.01 Å². The molecular formula is C9H18N2. The largest absolute Gasteiger partial charge is 0.269 e. The molecule has 0 heterocycles. The zero-order valence-corrected chi connectivity index (χ0v) is 7.72. The standard InChI is InChI=1S/C9H18N2/c1-5-9(8(2)3)6-7-11(4)10/h5H,1,6-7,10H2,2-4H3. The van der Waals surface area contributed by atoms with E-state index in [0.29, 0.717) is 0 Å². The fourth-order valence-electron chi connectivity index (χ4n) is 0.853. The van der Waals surface area contributed by atoms with Crippen molar-refractivity contribution in [2.75, 3.05) is 13.6 Å². The predicted octanol–water partition coefficient (Wildman–Crippen LogP) is 1.70. The molecule has 0 aliphatic rings. The fourth-order valence-corrected chi connectivity index (χ4v) is 0.853. The minimum Gasteiger partial charge on any atom is -0.269 e. The topological polar surface area (TPSA) is 29.3 Å². The number of rotatable bonds is 4. The highest BCUT2D eigenvalue weighted by molar-refractivity contribution is 5.21. The predicted molar refractivity (Wildman–Crippen MR) is 50.0 cm³/mol. The van der Waals surface area contributed by atoms with Crippen LogP contribution in [0.3, 0.4) is 0 Å². The number of nitrogens with zero attached hydrogens (tertiary/aromatic N) is 1. The maximum atomic E-state index is 5.47. The van der Waals surface area contributed by atoms with E-state index in [4.69, 9.17) is 5.84 Å². The first kappa shape index (κ1) is 10.4. The minimum absolute atomic E-state index is 0.881. The van der Waals surface area contributed by atoms with Crippen molar-refractivity contribution in [1.29, 1.82) is 0 Å². The van der Waals surface area contributed by atoms with Gasteiger partial charge in [-0.15, -0.1) is 0 Å². The lowest BCUT2D eigenvalue weighted by molar-refractivity contribution is 0.354. The lowest BCUT2D eigenvalue weighted by Gasteiger charge is -2.10. The van der Waals surface area contributed by atoms with E-state index < -0.39 is 0 Å².